The van der Waals surface area contributed by atoms with Crippen molar-refractivity contribution >= 4 is 5.91 Å². The Morgan fingerprint density at radius 3 is 2.82 bits per heavy atom. The maximum absolute atomic E-state index is 10.3. The van der Waals surface area contributed by atoms with Crippen molar-refractivity contribution in [3.8, 4) is 0 Å². The fourth-order valence-electron chi connectivity index (χ4n) is 0.634. The number of aliphatic hydroxyl groups is 1. The maximum atomic E-state index is 10.3. The number of amides is 1. The molecule has 1 amide bonds. The number of unbranched alkanes of at least 4 members (excludes halogenated alkanes) is 2. The number of carbonyl (C=O) groups excluding carboxylic acids is 1. The Morgan fingerprint density at radius 1 is 1.55 bits per heavy atom. The Kier molecular flexibility index (Phi) is 6.73. The zero-order valence-corrected chi connectivity index (χ0v) is 6.84. The van der Waals surface area contributed by atoms with Crippen LogP contribution in [0.25, 0.3) is 0 Å². The van der Waals surface area contributed by atoms with Gasteiger partial charge in [-0.1, -0.05) is 6.08 Å². The first-order valence-corrected chi connectivity index (χ1v) is 3.80. The van der Waals surface area contributed by atoms with E-state index in [1.54, 1.807) is 6.20 Å². The van der Waals surface area contributed by atoms with Gasteiger partial charge in [0.15, 0.2) is 0 Å². The first kappa shape index (κ1) is 10.2. The Balaban J connectivity index is 3.10. The molecule has 0 aromatic heterocycles. The molecule has 0 atom stereocenters. The van der Waals surface area contributed by atoms with E-state index in [-0.39, 0.29) is 12.5 Å². The molecule has 0 saturated carbocycles. The fourth-order valence-corrected chi connectivity index (χ4v) is 0.634. The van der Waals surface area contributed by atoms with Gasteiger partial charge in [-0.3, -0.25) is 4.79 Å². The predicted octanol–water partition coefficient (Wildman–Crippen LogP) is 0.799. The number of hydrogen-bond donors (Lipinski definition) is 2. The van der Waals surface area contributed by atoms with Crippen molar-refractivity contribution in [3.05, 3.63) is 12.3 Å². The van der Waals surface area contributed by atoms with Crippen LogP contribution in [-0.4, -0.2) is 17.6 Å². The van der Waals surface area contributed by atoms with Crippen molar-refractivity contribution < 1.29 is 9.90 Å². The number of nitrogens with one attached hydrogen (secondary N) is 1. The van der Waals surface area contributed by atoms with Crippen LogP contribution in [0.3, 0.4) is 0 Å². The Bertz CT molecular complexity index is 132. The summed E-state index contributed by atoms with van der Waals surface area (Å²) in [7, 11) is 0. The molecule has 0 aromatic carbocycles. The van der Waals surface area contributed by atoms with Crippen LogP contribution in [-0.2, 0) is 4.79 Å². The summed E-state index contributed by atoms with van der Waals surface area (Å²) in [6.07, 6.45) is 6.22. The van der Waals surface area contributed by atoms with Gasteiger partial charge >= 0.3 is 0 Å². The van der Waals surface area contributed by atoms with Gasteiger partial charge in [-0.15, -0.1) is 0 Å². The SMILES string of the molecule is CC(=O)N/C=C/CCCCO. The summed E-state index contributed by atoms with van der Waals surface area (Å²) < 4.78 is 0. The van der Waals surface area contributed by atoms with E-state index >= 15 is 0 Å². The highest BCUT2D eigenvalue weighted by Crippen LogP contribution is 1.93. The molecule has 0 aliphatic carbocycles. The zero-order chi connectivity index (χ0) is 8.53. The van der Waals surface area contributed by atoms with E-state index < -0.39 is 0 Å². The minimum Gasteiger partial charge on any atom is -0.396 e. The van der Waals surface area contributed by atoms with Gasteiger partial charge in [0, 0.05) is 13.5 Å². The summed E-state index contributed by atoms with van der Waals surface area (Å²) in [6.45, 7) is 1.71. The van der Waals surface area contributed by atoms with E-state index in [4.69, 9.17) is 5.11 Å². The number of aliphatic hydroxyl groups excluding tert-OH is 1. The first-order valence-electron chi connectivity index (χ1n) is 3.80. The number of carbonyl (C=O) groups is 1. The van der Waals surface area contributed by atoms with Gasteiger partial charge in [-0.2, -0.15) is 0 Å². The molecule has 0 heterocycles. The number of allylic oxidation sites excluding steroid dienone is 1. The third kappa shape index (κ3) is 9.17. The van der Waals surface area contributed by atoms with Gasteiger partial charge < -0.3 is 10.4 Å². The van der Waals surface area contributed by atoms with Crippen LogP contribution in [0.2, 0.25) is 0 Å². The van der Waals surface area contributed by atoms with Crippen molar-refractivity contribution in [2.45, 2.75) is 26.2 Å². The van der Waals surface area contributed by atoms with Gasteiger partial charge in [0.05, 0.1) is 0 Å². The smallest absolute Gasteiger partial charge is 0.220 e. The molecule has 3 nitrogen and oxygen atoms in total. The molecule has 0 fully saturated rings. The molecule has 0 aliphatic rings. The zero-order valence-electron chi connectivity index (χ0n) is 6.84. The third-order valence-corrected chi connectivity index (χ3v) is 1.18. The molecule has 0 spiro atoms. The highest BCUT2D eigenvalue weighted by molar-refractivity contribution is 5.73. The van der Waals surface area contributed by atoms with Crippen molar-refractivity contribution in [1.82, 2.24) is 5.32 Å². The van der Waals surface area contributed by atoms with Gasteiger partial charge in [0.2, 0.25) is 5.91 Å². The van der Waals surface area contributed by atoms with Crippen LogP contribution in [0.15, 0.2) is 12.3 Å². The molecule has 0 unspecified atom stereocenters. The normalized spacial score (nSPS) is 10.4. The molecule has 2 N–H and O–H groups in total. The molecule has 0 aliphatic heterocycles. The van der Waals surface area contributed by atoms with Crippen molar-refractivity contribution in [3.63, 3.8) is 0 Å². The fraction of sp³-hybridized carbons (Fsp3) is 0.625. The first-order chi connectivity index (χ1) is 5.27. The monoisotopic (exact) mass is 157 g/mol. The molecule has 64 valence electrons. The van der Waals surface area contributed by atoms with Crippen molar-refractivity contribution in [1.29, 1.82) is 0 Å². The molecule has 0 bridgehead atoms. The molecule has 0 radical (unpaired) electrons. The summed E-state index contributed by atoms with van der Waals surface area (Å²) in [6, 6.07) is 0. The van der Waals surface area contributed by atoms with Gasteiger partial charge in [-0.25, -0.2) is 0 Å². The van der Waals surface area contributed by atoms with Crippen molar-refractivity contribution in [2.24, 2.45) is 0 Å². The van der Waals surface area contributed by atoms with E-state index in [0.29, 0.717) is 0 Å². The van der Waals surface area contributed by atoms with E-state index in [0.717, 1.165) is 19.3 Å². The van der Waals surface area contributed by atoms with Crippen molar-refractivity contribution in [2.75, 3.05) is 6.61 Å². The summed E-state index contributed by atoms with van der Waals surface area (Å²) >= 11 is 0. The van der Waals surface area contributed by atoms with Crippen LogP contribution in [0.1, 0.15) is 26.2 Å². The van der Waals surface area contributed by atoms with Crippen LogP contribution in [0, 0.1) is 0 Å². The maximum Gasteiger partial charge on any atom is 0.220 e. The Morgan fingerprint density at radius 2 is 2.27 bits per heavy atom. The summed E-state index contributed by atoms with van der Waals surface area (Å²) in [5.74, 6) is -0.0524. The topological polar surface area (TPSA) is 49.3 Å². The summed E-state index contributed by atoms with van der Waals surface area (Å²) in [5.41, 5.74) is 0. The lowest BCUT2D eigenvalue weighted by Gasteiger charge is -1.92. The van der Waals surface area contributed by atoms with Gasteiger partial charge in [0.25, 0.3) is 0 Å². The number of rotatable bonds is 5. The summed E-state index contributed by atoms with van der Waals surface area (Å²) in [5, 5.41) is 11.0. The van der Waals surface area contributed by atoms with E-state index in [1.165, 1.54) is 6.92 Å². The molecule has 11 heavy (non-hydrogen) atoms. The highest BCUT2D eigenvalue weighted by atomic mass is 16.2. The average Bonchev–Trinajstić information content (AvgIpc) is 1.96. The molecule has 0 rings (SSSR count). The molecular formula is C8H15NO2. The summed E-state index contributed by atoms with van der Waals surface area (Å²) in [4.78, 5) is 10.3. The lowest BCUT2D eigenvalue weighted by atomic mass is 10.2. The van der Waals surface area contributed by atoms with Crippen LogP contribution >= 0.6 is 0 Å². The second kappa shape index (κ2) is 7.28. The van der Waals surface area contributed by atoms with Gasteiger partial charge in [0.1, 0.15) is 0 Å². The Hall–Kier alpha value is -0.830. The molecule has 3 heteroatoms. The van der Waals surface area contributed by atoms with Crippen LogP contribution in [0.5, 0.6) is 0 Å². The second-order valence-electron chi connectivity index (χ2n) is 2.32. The second-order valence-corrected chi connectivity index (χ2v) is 2.32. The van der Waals surface area contributed by atoms with E-state index in [2.05, 4.69) is 5.32 Å². The molecular weight excluding hydrogens is 142 g/mol. The van der Waals surface area contributed by atoms with Crippen LogP contribution < -0.4 is 5.32 Å². The quantitative estimate of drug-likeness (QED) is 0.580. The minimum absolute atomic E-state index is 0.0524. The van der Waals surface area contributed by atoms with E-state index in [9.17, 15) is 4.79 Å². The lowest BCUT2D eigenvalue weighted by molar-refractivity contribution is -0.118. The van der Waals surface area contributed by atoms with Crippen LogP contribution in [0.4, 0.5) is 0 Å². The average molecular weight is 157 g/mol. The van der Waals surface area contributed by atoms with Gasteiger partial charge in [-0.05, 0) is 25.5 Å². The third-order valence-electron chi connectivity index (χ3n) is 1.18. The molecule has 0 saturated heterocycles. The standard InChI is InChI=1S/C8H15NO2/c1-8(11)9-6-4-2-3-5-7-10/h4,6,10H,2-3,5,7H2,1H3,(H,9,11)/b6-4+. The molecule has 0 aromatic rings. The number of hydrogen-bond acceptors (Lipinski definition) is 2. The largest absolute Gasteiger partial charge is 0.396 e. The predicted molar refractivity (Wildman–Crippen MR) is 43.9 cm³/mol. The highest BCUT2D eigenvalue weighted by Gasteiger charge is 1.83. The lowest BCUT2D eigenvalue weighted by Crippen LogP contribution is -2.11. The minimum atomic E-state index is -0.0524. The van der Waals surface area contributed by atoms with E-state index in [1.807, 2.05) is 6.08 Å². The Labute approximate surface area is 67.1 Å².